The minimum absolute atomic E-state index is 0.0678. The van der Waals surface area contributed by atoms with Crippen LogP contribution in [0.25, 0.3) is 0 Å². The molecule has 0 aliphatic heterocycles. The molecular weight excluding hydrogens is 361 g/mol. The lowest BCUT2D eigenvalue weighted by Gasteiger charge is -2.15. The third-order valence-electron chi connectivity index (χ3n) is 3.63. The molecule has 1 atom stereocenters. The summed E-state index contributed by atoms with van der Waals surface area (Å²) >= 11 is 12.2. The number of methoxy groups -OCH3 is 1. The van der Waals surface area contributed by atoms with Crippen LogP contribution in [0.15, 0.2) is 42.5 Å². The number of benzene rings is 2. The first kappa shape index (κ1) is 19.4. The van der Waals surface area contributed by atoms with E-state index in [4.69, 9.17) is 32.7 Å². The van der Waals surface area contributed by atoms with Crippen LogP contribution in [-0.2, 0) is 11.2 Å². The molecule has 2 rings (SSSR count). The Morgan fingerprint density at radius 3 is 2.28 bits per heavy atom. The van der Waals surface area contributed by atoms with E-state index < -0.39 is 0 Å². The van der Waals surface area contributed by atoms with Gasteiger partial charge in [-0.2, -0.15) is 0 Å². The molecule has 2 aromatic rings. The van der Waals surface area contributed by atoms with Crippen molar-refractivity contribution >= 4 is 29.1 Å². The van der Waals surface area contributed by atoms with Crippen molar-refractivity contribution in [3.05, 3.63) is 58.1 Å². The van der Waals surface area contributed by atoms with Gasteiger partial charge in [0.25, 0.3) is 0 Å². The monoisotopic (exact) mass is 381 g/mol. The van der Waals surface area contributed by atoms with Crippen LogP contribution in [0, 0.1) is 0 Å². The van der Waals surface area contributed by atoms with Crippen LogP contribution in [0.1, 0.15) is 18.9 Å². The first-order chi connectivity index (χ1) is 12.0. The number of amides is 1. The molecule has 1 N–H and O–H groups in total. The molecule has 134 valence electrons. The first-order valence-corrected chi connectivity index (χ1v) is 8.74. The van der Waals surface area contributed by atoms with Gasteiger partial charge in [0, 0.05) is 16.5 Å². The average molecular weight is 382 g/mol. The minimum atomic E-state index is -0.115. The minimum Gasteiger partial charge on any atom is -0.497 e. The summed E-state index contributed by atoms with van der Waals surface area (Å²) in [6, 6.07) is 12.5. The SMILES string of the molecule is COc1ccc(OC[C@@H](C)NC(=O)CCc2c(Cl)cccc2Cl)cc1. The molecule has 0 bridgehead atoms. The fraction of sp³-hybridized carbons (Fsp3) is 0.316. The van der Waals surface area contributed by atoms with Crippen LogP contribution in [-0.4, -0.2) is 25.7 Å². The van der Waals surface area contributed by atoms with E-state index in [9.17, 15) is 4.79 Å². The number of rotatable bonds is 8. The van der Waals surface area contributed by atoms with Crippen LogP contribution in [0.5, 0.6) is 11.5 Å². The number of carbonyl (C=O) groups is 1. The Kier molecular flexibility index (Phi) is 7.41. The lowest BCUT2D eigenvalue weighted by atomic mass is 10.1. The Hall–Kier alpha value is -1.91. The molecule has 0 spiro atoms. The molecule has 1 amide bonds. The van der Waals surface area contributed by atoms with E-state index >= 15 is 0 Å². The van der Waals surface area contributed by atoms with Crippen molar-refractivity contribution in [2.24, 2.45) is 0 Å². The Morgan fingerprint density at radius 2 is 1.68 bits per heavy atom. The second kappa shape index (κ2) is 9.54. The van der Waals surface area contributed by atoms with E-state index in [1.807, 2.05) is 31.2 Å². The standard InChI is InChI=1S/C19H21Cl2NO3/c1-13(12-25-15-8-6-14(24-2)7-9-15)22-19(23)11-10-16-17(20)4-3-5-18(16)21/h3-9,13H,10-12H2,1-2H3,(H,22,23)/t13-/m1/s1. The fourth-order valence-electron chi connectivity index (χ4n) is 2.29. The van der Waals surface area contributed by atoms with Crippen molar-refractivity contribution in [2.75, 3.05) is 13.7 Å². The summed E-state index contributed by atoms with van der Waals surface area (Å²) in [6.07, 6.45) is 0.812. The zero-order valence-corrected chi connectivity index (χ0v) is 15.7. The van der Waals surface area contributed by atoms with E-state index in [2.05, 4.69) is 5.32 Å². The Bertz CT molecular complexity index is 684. The number of halogens is 2. The van der Waals surface area contributed by atoms with Gasteiger partial charge in [-0.05, 0) is 55.3 Å². The van der Waals surface area contributed by atoms with Gasteiger partial charge in [0.2, 0.25) is 5.91 Å². The number of hydrogen-bond acceptors (Lipinski definition) is 3. The maximum atomic E-state index is 12.1. The van der Waals surface area contributed by atoms with Gasteiger partial charge >= 0.3 is 0 Å². The predicted molar refractivity (Wildman–Crippen MR) is 101 cm³/mol. The molecule has 0 saturated carbocycles. The lowest BCUT2D eigenvalue weighted by molar-refractivity contribution is -0.121. The van der Waals surface area contributed by atoms with Crippen molar-refractivity contribution < 1.29 is 14.3 Å². The van der Waals surface area contributed by atoms with Crippen molar-refractivity contribution in [1.82, 2.24) is 5.32 Å². The number of ether oxygens (including phenoxy) is 2. The van der Waals surface area contributed by atoms with E-state index in [1.54, 1.807) is 25.3 Å². The Labute approximate surface area is 158 Å². The van der Waals surface area contributed by atoms with Gasteiger partial charge in [0.15, 0.2) is 0 Å². The summed E-state index contributed by atoms with van der Waals surface area (Å²) in [5.74, 6) is 1.43. The van der Waals surface area contributed by atoms with Gasteiger partial charge in [-0.15, -0.1) is 0 Å². The maximum absolute atomic E-state index is 12.1. The molecule has 0 radical (unpaired) electrons. The lowest BCUT2D eigenvalue weighted by Crippen LogP contribution is -2.36. The van der Waals surface area contributed by atoms with Crippen LogP contribution < -0.4 is 14.8 Å². The Balaban J connectivity index is 1.75. The van der Waals surface area contributed by atoms with Crippen molar-refractivity contribution in [2.45, 2.75) is 25.8 Å². The summed E-state index contributed by atoms with van der Waals surface area (Å²) in [5, 5.41) is 4.07. The van der Waals surface area contributed by atoms with Crippen molar-refractivity contribution in [3.63, 3.8) is 0 Å². The van der Waals surface area contributed by atoms with E-state index in [0.29, 0.717) is 29.5 Å². The highest BCUT2D eigenvalue weighted by atomic mass is 35.5. The summed E-state index contributed by atoms with van der Waals surface area (Å²) in [6.45, 7) is 2.27. The number of carbonyl (C=O) groups excluding carboxylic acids is 1. The molecule has 0 heterocycles. The van der Waals surface area contributed by atoms with Crippen LogP contribution in [0.4, 0.5) is 0 Å². The van der Waals surface area contributed by atoms with Gasteiger partial charge in [-0.1, -0.05) is 29.3 Å². The van der Waals surface area contributed by atoms with Crippen LogP contribution >= 0.6 is 23.2 Å². The molecule has 0 aliphatic rings. The summed E-state index contributed by atoms with van der Waals surface area (Å²) < 4.78 is 10.8. The first-order valence-electron chi connectivity index (χ1n) is 7.98. The third-order valence-corrected chi connectivity index (χ3v) is 4.34. The summed E-state index contributed by atoms with van der Waals surface area (Å²) in [5.41, 5.74) is 0.795. The quantitative estimate of drug-likeness (QED) is 0.730. The van der Waals surface area contributed by atoms with Gasteiger partial charge in [-0.3, -0.25) is 4.79 Å². The van der Waals surface area contributed by atoms with E-state index in [-0.39, 0.29) is 11.9 Å². The maximum Gasteiger partial charge on any atom is 0.220 e. The normalized spacial score (nSPS) is 11.7. The van der Waals surface area contributed by atoms with Crippen LogP contribution in [0.2, 0.25) is 10.0 Å². The molecule has 0 fully saturated rings. The topological polar surface area (TPSA) is 47.6 Å². The van der Waals surface area contributed by atoms with Crippen LogP contribution in [0.3, 0.4) is 0 Å². The van der Waals surface area contributed by atoms with Gasteiger partial charge in [0.05, 0.1) is 13.2 Å². The number of nitrogens with one attached hydrogen (secondary N) is 1. The van der Waals surface area contributed by atoms with Crippen molar-refractivity contribution in [1.29, 1.82) is 0 Å². The fourth-order valence-corrected chi connectivity index (χ4v) is 2.88. The second-order valence-electron chi connectivity index (χ2n) is 5.66. The summed E-state index contributed by atoms with van der Waals surface area (Å²) in [4.78, 5) is 12.1. The molecule has 25 heavy (non-hydrogen) atoms. The molecule has 2 aromatic carbocycles. The molecule has 6 heteroatoms. The molecule has 0 unspecified atom stereocenters. The number of hydrogen-bond donors (Lipinski definition) is 1. The third kappa shape index (κ3) is 6.15. The Morgan fingerprint density at radius 1 is 1.08 bits per heavy atom. The molecule has 0 aromatic heterocycles. The second-order valence-corrected chi connectivity index (χ2v) is 6.47. The van der Waals surface area contributed by atoms with Gasteiger partial charge in [0.1, 0.15) is 18.1 Å². The zero-order chi connectivity index (χ0) is 18.2. The highest BCUT2D eigenvalue weighted by Gasteiger charge is 2.11. The highest BCUT2D eigenvalue weighted by Crippen LogP contribution is 2.25. The predicted octanol–water partition coefficient (Wildman–Crippen LogP) is 4.52. The molecule has 0 saturated heterocycles. The van der Waals surface area contributed by atoms with E-state index in [0.717, 1.165) is 17.1 Å². The van der Waals surface area contributed by atoms with E-state index in [1.165, 1.54) is 0 Å². The van der Waals surface area contributed by atoms with Gasteiger partial charge in [-0.25, -0.2) is 0 Å². The van der Waals surface area contributed by atoms with Gasteiger partial charge < -0.3 is 14.8 Å². The molecule has 0 aliphatic carbocycles. The highest BCUT2D eigenvalue weighted by molar-refractivity contribution is 6.36. The molecule has 4 nitrogen and oxygen atoms in total. The average Bonchev–Trinajstić information content (AvgIpc) is 2.60. The van der Waals surface area contributed by atoms with Crippen molar-refractivity contribution in [3.8, 4) is 11.5 Å². The smallest absolute Gasteiger partial charge is 0.220 e. The molecular formula is C19H21Cl2NO3. The summed E-state index contributed by atoms with van der Waals surface area (Å²) in [7, 11) is 1.61. The zero-order valence-electron chi connectivity index (χ0n) is 14.2. The largest absolute Gasteiger partial charge is 0.497 e.